The number of rotatable bonds is 7. The fourth-order valence-electron chi connectivity index (χ4n) is 3.65. The minimum absolute atomic E-state index is 0.0989. The molecule has 2 aliphatic rings. The van der Waals surface area contributed by atoms with E-state index < -0.39 is 10.0 Å². The highest BCUT2D eigenvalue weighted by atomic mass is 32.2. The maximum absolute atomic E-state index is 12.6. The average molecular weight is 407 g/mol. The quantitative estimate of drug-likeness (QED) is 0.556. The Kier molecular flexibility index (Phi) is 7.20. The van der Waals surface area contributed by atoms with Gasteiger partial charge in [0.25, 0.3) is 0 Å². The van der Waals surface area contributed by atoms with Gasteiger partial charge in [-0.1, -0.05) is 18.6 Å². The molecule has 2 aliphatic heterocycles. The van der Waals surface area contributed by atoms with Crippen molar-refractivity contribution in [3.8, 4) is 0 Å². The third-order valence-corrected chi connectivity index (χ3v) is 7.34. The molecule has 154 valence electrons. The van der Waals surface area contributed by atoms with Crippen molar-refractivity contribution in [2.75, 3.05) is 32.7 Å². The van der Waals surface area contributed by atoms with Gasteiger partial charge in [-0.15, -0.1) is 0 Å². The molecule has 1 amide bonds. The summed E-state index contributed by atoms with van der Waals surface area (Å²) in [5.74, 6) is -0.0989. The molecule has 2 saturated heterocycles. The fourth-order valence-corrected chi connectivity index (χ4v) is 5.17. The van der Waals surface area contributed by atoms with Gasteiger partial charge in [-0.05, 0) is 63.4 Å². The van der Waals surface area contributed by atoms with E-state index >= 15 is 0 Å². The predicted octanol–water partition coefficient (Wildman–Crippen LogP) is 2.19. The van der Waals surface area contributed by atoms with E-state index in [2.05, 4.69) is 15.4 Å². The highest BCUT2D eigenvalue weighted by Gasteiger charge is 2.26. The zero-order chi connectivity index (χ0) is 20.0. The summed E-state index contributed by atoms with van der Waals surface area (Å²) in [5, 5.41) is 4.17. The average Bonchev–Trinajstić information content (AvgIpc) is 3.27. The van der Waals surface area contributed by atoms with E-state index in [1.54, 1.807) is 31.2 Å². The summed E-state index contributed by atoms with van der Waals surface area (Å²) >= 11 is 0. The van der Waals surface area contributed by atoms with E-state index in [4.69, 9.17) is 0 Å². The molecule has 0 saturated carbocycles. The second-order valence-corrected chi connectivity index (χ2v) is 9.46. The van der Waals surface area contributed by atoms with Crippen LogP contribution in [0.4, 0.5) is 0 Å². The van der Waals surface area contributed by atoms with E-state index in [0.717, 1.165) is 38.0 Å². The number of hydrogen-bond donors (Lipinski definition) is 1. The van der Waals surface area contributed by atoms with Crippen LogP contribution in [0.2, 0.25) is 0 Å². The van der Waals surface area contributed by atoms with Crippen molar-refractivity contribution in [1.29, 1.82) is 0 Å². The number of nitrogens with one attached hydrogen (secondary N) is 1. The van der Waals surface area contributed by atoms with Crippen LogP contribution in [0.3, 0.4) is 0 Å². The van der Waals surface area contributed by atoms with Gasteiger partial charge in [0.15, 0.2) is 0 Å². The molecule has 2 heterocycles. The van der Waals surface area contributed by atoms with Crippen molar-refractivity contribution in [3.63, 3.8) is 0 Å². The van der Waals surface area contributed by atoms with Crippen LogP contribution in [0.25, 0.3) is 0 Å². The Morgan fingerprint density at radius 2 is 1.61 bits per heavy atom. The van der Waals surface area contributed by atoms with Crippen LogP contribution in [0.15, 0.2) is 34.3 Å². The van der Waals surface area contributed by atoms with Gasteiger partial charge >= 0.3 is 0 Å². The summed E-state index contributed by atoms with van der Waals surface area (Å²) in [7, 11) is -3.41. The lowest BCUT2D eigenvalue weighted by atomic mass is 10.1. The Bertz CT molecular complexity index is 793. The lowest BCUT2D eigenvalue weighted by molar-refractivity contribution is -0.121. The van der Waals surface area contributed by atoms with E-state index in [1.807, 2.05) is 0 Å². The second-order valence-electron chi connectivity index (χ2n) is 7.52. The van der Waals surface area contributed by atoms with Gasteiger partial charge in [0.2, 0.25) is 15.9 Å². The minimum Gasteiger partial charge on any atom is -0.303 e. The van der Waals surface area contributed by atoms with E-state index in [9.17, 15) is 13.2 Å². The summed E-state index contributed by atoms with van der Waals surface area (Å²) in [5.41, 5.74) is 4.04. The highest BCUT2D eigenvalue weighted by Crippen LogP contribution is 2.21. The molecule has 0 bridgehead atoms. The molecular formula is C20H30N4O3S. The normalized spacial score (nSPS) is 19.7. The number of piperidine rings is 1. The molecule has 2 fully saturated rings. The van der Waals surface area contributed by atoms with Gasteiger partial charge in [0.05, 0.1) is 10.6 Å². The maximum atomic E-state index is 12.6. The van der Waals surface area contributed by atoms with Crippen LogP contribution >= 0.6 is 0 Å². The molecule has 3 rings (SSSR count). The van der Waals surface area contributed by atoms with Crippen molar-refractivity contribution in [2.45, 2.75) is 50.3 Å². The minimum atomic E-state index is -3.41. The number of benzene rings is 1. The number of nitrogens with zero attached hydrogens (tertiary/aromatic N) is 3. The van der Waals surface area contributed by atoms with Crippen LogP contribution in [-0.2, 0) is 14.8 Å². The standard InChI is InChI=1S/C20H30N4O3S/c1-17(21-22-20(25)11-16-23-12-3-2-4-13-23)18-7-9-19(10-8-18)28(26,27)24-14-5-6-15-24/h7-10H,2-6,11-16H2,1H3,(H,22,25)/b21-17+. The van der Waals surface area contributed by atoms with Gasteiger partial charge in [-0.3, -0.25) is 4.79 Å². The van der Waals surface area contributed by atoms with Crippen molar-refractivity contribution >= 4 is 21.6 Å². The molecule has 0 atom stereocenters. The number of carbonyl (C=O) groups is 1. The summed E-state index contributed by atoms with van der Waals surface area (Å²) in [6.07, 6.45) is 5.97. The van der Waals surface area contributed by atoms with Crippen molar-refractivity contribution in [1.82, 2.24) is 14.6 Å². The smallest absolute Gasteiger partial charge is 0.243 e. The molecule has 0 aromatic heterocycles. The number of sulfonamides is 1. The molecule has 28 heavy (non-hydrogen) atoms. The number of likely N-dealkylation sites (tertiary alicyclic amines) is 1. The van der Waals surface area contributed by atoms with Gasteiger partial charge < -0.3 is 4.90 Å². The molecule has 1 aromatic carbocycles. The van der Waals surface area contributed by atoms with Gasteiger partial charge in [0, 0.05) is 26.1 Å². The molecule has 7 nitrogen and oxygen atoms in total. The molecule has 0 unspecified atom stereocenters. The van der Waals surface area contributed by atoms with E-state index in [1.165, 1.54) is 23.6 Å². The van der Waals surface area contributed by atoms with Crippen molar-refractivity contribution in [2.24, 2.45) is 5.10 Å². The first-order valence-electron chi connectivity index (χ1n) is 10.1. The maximum Gasteiger partial charge on any atom is 0.243 e. The molecule has 0 radical (unpaired) electrons. The Hall–Kier alpha value is -1.77. The van der Waals surface area contributed by atoms with Gasteiger partial charge in [-0.2, -0.15) is 9.41 Å². The summed E-state index contributed by atoms with van der Waals surface area (Å²) in [4.78, 5) is 14.6. The number of amides is 1. The SMILES string of the molecule is C/C(=N\NC(=O)CCN1CCCCC1)c1ccc(S(=O)(=O)N2CCCC2)cc1. The molecule has 0 spiro atoms. The second kappa shape index (κ2) is 9.62. The number of hydrazone groups is 1. The first-order valence-corrected chi connectivity index (χ1v) is 11.6. The lowest BCUT2D eigenvalue weighted by Gasteiger charge is -2.25. The zero-order valence-corrected chi connectivity index (χ0v) is 17.4. The Morgan fingerprint density at radius 3 is 2.25 bits per heavy atom. The molecule has 1 N–H and O–H groups in total. The van der Waals surface area contributed by atoms with Crippen LogP contribution in [0.5, 0.6) is 0 Å². The summed E-state index contributed by atoms with van der Waals surface area (Å²) in [6, 6.07) is 6.70. The fraction of sp³-hybridized carbons (Fsp3) is 0.600. The summed E-state index contributed by atoms with van der Waals surface area (Å²) in [6.45, 7) is 5.89. The Morgan fingerprint density at radius 1 is 1.00 bits per heavy atom. The summed E-state index contributed by atoms with van der Waals surface area (Å²) < 4.78 is 26.7. The predicted molar refractivity (Wildman–Crippen MR) is 110 cm³/mol. The van der Waals surface area contributed by atoms with Crippen LogP contribution in [-0.4, -0.2) is 62.0 Å². The van der Waals surface area contributed by atoms with Gasteiger partial charge in [0.1, 0.15) is 0 Å². The van der Waals surface area contributed by atoms with Crippen molar-refractivity contribution in [3.05, 3.63) is 29.8 Å². The Balaban J connectivity index is 1.53. The zero-order valence-electron chi connectivity index (χ0n) is 16.6. The molecule has 1 aromatic rings. The highest BCUT2D eigenvalue weighted by molar-refractivity contribution is 7.89. The first kappa shape index (κ1) is 21.0. The van der Waals surface area contributed by atoms with Crippen LogP contribution in [0.1, 0.15) is 51.0 Å². The van der Waals surface area contributed by atoms with Gasteiger partial charge in [-0.25, -0.2) is 13.8 Å². The molecule has 0 aliphatic carbocycles. The lowest BCUT2D eigenvalue weighted by Crippen LogP contribution is -2.33. The Labute approximate surface area is 167 Å². The molecular weight excluding hydrogens is 376 g/mol. The number of hydrogen-bond acceptors (Lipinski definition) is 5. The molecule has 8 heteroatoms. The van der Waals surface area contributed by atoms with E-state index in [0.29, 0.717) is 30.1 Å². The third-order valence-electron chi connectivity index (χ3n) is 5.43. The van der Waals surface area contributed by atoms with Crippen LogP contribution < -0.4 is 5.43 Å². The largest absolute Gasteiger partial charge is 0.303 e. The van der Waals surface area contributed by atoms with Crippen molar-refractivity contribution < 1.29 is 13.2 Å². The first-order chi connectivity index (χ1) is 13.5. The number of carbonyl (C=O) groups excluding carboxylic acids is 1. The third kappa shape index (κ3) is 5.40. The topological polar surface area (TPSA) is 82.1 Å². The van der Waals surface area contributed by atoms with E-state index in [-0.39, 0.29) is 5.91 Å². The van der Waals surface area contributed by atoms with Crippen LogP contribution in [0, 0.1) is 0 Å². The monoisotopic (exact) mass is 406 g/mol.